The third kappa shape index (κ3) is 4.56. The molecule has 8 bridgehead atoms. The summed E-state index contributed by atoms with van der Waals surface area (Å²) in [6.45, 7) is 0. The van der Waals surface area contributed by atoms with Crippen molar-refractivity contribution in [1.29, 1.82) is 0 Å². The molecule has 4 aromatic rings. The molecule has 0 amide bonds. The normalized spacial score (nSPS) is 11.8. The number of phenolic OH excluding ortho intramolecular Hbond substituents is 1. The molecule has 3 heterocycles. The molecular weight excluding hydrogens is 436 g/mol. The van der Waals surface area contributed by atoms with Gasteiger partial charge in [0.05, 0.1) is 14.2 Å². The SMILES string of the molecule is COc1nc2nc(n1)Oc1cc(O)cc(c1)Oc1nc(OC)nc(n1)Oc1cccc(c1)O2. The van der Waals surface area contributed by atoms with Crippen molar-refractivity contribution in [1.82, 2.24) is 29.9 Å². The largest absolute Gasteiger partial charge is 0.508 e. The second-order valence-electron chi connectivity index (χ2n) is 6.32. The monoisotopic (exact) mass is 450 g/mol. The minimum absolute atomic E-state index is 0.0418. The molecule has 1 aliphatic rings. The van der Waals surface area contributed by atoms with Gasteiger partial charge >= 0.3 is 36.1 Å². The van der Waals surface area contributed by atoms with Crippen molar-refractivity contribution in [3.8, 4) is 64.8 Å². The lowest BCUT2D eigenvalue weighted by Gasteiger charge is -2.12. The molecule has 0 unspecified atom stereocenters. The number of aromatic hydroxyl groups is 1. The van der Waals surface area contributed by atoms with E-state index in [9.17, 15) is 5.11 Å². The van der Waals surface area contributed by atoms with Crippen molar-refractivity contribution in [3.63, 3.8) is 0 Å². The van der Waals surface area contributed by atoms with E-state index in [1.54, 1.807) is 24.3 Å². The van der Waals surface area contributed by atoms with Crippen molar-refractivity contribution >= 4 is 0 Å². The molecule has 0 radical (unpaired) electrons. The van der Waals surface area contributed by atoms with E-state index in [1.807, 2.05) is 0 Å². The number of methoxy groups -OCH3 is 2. The van der Waals surface area contributed by atoms with Crippen LogP contribution in [0.1, 0.15) is 0 Å². The summed E-state index contributed by atoms with van der Waals surface area (Å²) in [7, 11) is 2.78. The molecule has 5 rings (SSSR count). The fourth-order valence-electron chi connectivity index (χ4n) is 2.70. The summed E-state index contributed by atoms with van der Waals surface area (Å²) in [6, 6.07) is 10.2. The Morgan fingerprint density at radius 2 is 0.970 bits per heavy atom. The van der Waals surface area contributed by atoms with Crippen LogP contribution in [0.3, 0.4) is 0 Å². The molecule has 0 aliphatic carbocycles. The van der Waals surface area contributed by atoms with Crippen molar-refractivity contribution in [3.05, 3.63) is 42.5 Å². The molecule has 0 saturated heterocycles. The van der Waals surface area contributed by atoms with E-state index in [4.69, 9.17) is 28.4 Å². The Kier molecular flexibility index (Phi) is 5.03. The minimum atomic E-state index is -0.159. The molecule has 0 fully saturated rings. The van der Waals surface area contributed by atoms with Gasteiger partial charge in [-0.25, -0.2) is 0 Å². The van der Waals surface area contributed by atoms with Crippen LogP contribution in [0.25, 0.3) is 0 Å². The van der Waals surface area contributed by atoms with Gasteiger partial charge in [-0.2, -0.15) is 0 Å². The molecule has 1 N–H and O–H groups in total. The quantitative estimate of drug-likeness (QED) is 0.419. The third-order valence-corrected chi connectivity index (χ3v) is 4.02. The second kappa shape index (κ2) is 8.30. The number of fused-ring (bicyclic) bond motifs is 8. The van der Waals surface area contributed by atoms with Gasteiger partial charge in [-0.3, -0.25) is 0 Å². The molecule has 2 aromatic carbocycles. The van der Waals surface area contributed by atoms with Crippen LogP contribution >= 0.6 is 0 Å². The maximum absolute atomic E-state index is 10.1. The predicted molar refractivity (Wildman–Crippen MR) is 108 cm³/mol. The molecule has 166 valence electrons. The minimum Gasteiger partial charge on any atom is -0.508 e. The number of hydrogen-bond acceptors (Lipinski definition) is 13. The van der Waals surface area contributed by atoms with E-state index in [0.29, 0.717) is 11.5 Å². The third-order valence-electron chi connectivity index (χ3n) is 4.02. The van der Waals surface area contributed by atoms with Crippen molar-refractivity contribution < 1.29 is 33.5 Å². The first kappa shape index (κ1) is 20.0. The summed E-state index contributed by atoms with van der Waals surface area (Å²) in [6.07, 6.45) is 0. The number of hydrogen-bond donors (Lipinski definition) is 1. The number of benzene rings is 2. The van der Waals surface area contributed by atoms with Crippen LogP contribution in [0, 0.1) is 0 Å². The lowest BCUT2D eigenvalue weighted by atomic mass is 10.3. The van der Waals surface area contributed by atoms with Crippen molar-refractivity contribution in [2.24, 2.45) is 0 Å². The highest BCUT2D eigenvalue weighted by Crippen LogP contribution is 2.34. The summed E-state index contributed by atoms with van der Waals surface area (Å²) in [5, 5.41) is 10.1. The van der Waals surface area contributed by atoms with E-state index < -0.39 is 0 Å². The Labute approximate surface area is 185 Å². The van der Waals surface area contributed by atoms with Gasteiger partial charge in [-0.05, 0) is 12.1 Å². The van der Waals surface area contributed by atoms with Crippen LogP contribution in [0.5, 0.6) is 64.8 Å². The van der Waals surface area contributed by atoms with Crippen LogP contribution in [-0.4, -0.2) is 49.2 Å². The number of nitrogens with zero attached hydrogens (tertiary/aromatic N) is 6. The van der Waals surface area contributed by atoms with Crippen LogP contribution in [0.2, 0.25) is 0 Å². The summed E-state index contributed by atoms with van der Waals surface area (Å²) in [4.78, 5) is 24.5. The first-order valence-electron chi connectivity index (χ1n) is 9.32. The van der Waals surface area contributed by atoms with Crippen LogP contribution in [0.15, 0.2) is 42.5 Å². The van der Waals surface area contributed by atoms with E-state index >= 15 is 0 Å². The summed E-state index contributed by atoms with van der Waals surface area (Å²) in [5.74, 6) is 0.826. The molecule has 13 heteroatoms. The van der Waals surface area contributed by atoms with Gasteiger partial charge in [0.25, 0.3) is 0 Å². The molecular formula is C20H14N6O7. The number of rotatable bonds is 2. The fourth-order valence-corrected chi connectivity index (χ4v) is 2.70. The van der Waals surface area contributed by atoms with Gasteiger partial charge in [0, 0.05) is 24.3 Å². The van der Waals surface area contributed by atoms with E-state index in [-0.39, 0.29) is 53.3 Å². The fraction of sp³-hybridized carbons (Fsp3) is 0.100. The standard InChI is InChI=1S/C20H14N6O7/c1-28-15-21-17-25-19(23-15)32-13-6-10(27)7-14(9-13)33-20-24-16(29-2)22-18(26-20)31-12-5-3-4-11(8-12)30-17/h3-9,27H,1-2H3. The topological polar surface area (TPSA) is 153 Å². The Morgan fingerprint density at radius 3 is 1.39 bits per heavy atom. The van der Waals surface area contributed by atoms with Crippen LogP contribution in [-0.2, 0) is 0 Å². The second-order valence-corrected chi connectivity index (χ2v) is 6.32. The van der Waals surface area contributed by atoms with E-state index in [2.05, 4.69) is 29.9 Å². The molecule has 0 saturated carbocycles. The van der Waals surface area contributed by atoms with Gasteiger partial charge < -0.3 is 33.5 Å². The van der Waals surface area contributed by atoms with E-state index in [0.717, 1.165) is 0 Å². The number of ether oxygens (including phenoxy) is 6. The van der Waals surface area contributed by atoms with Crippen LogP contribution in [0.4, 0.5) is 0 Å². The van der Waals surface area contributed by atoms with Gasteiger partial charge in [-0.15, -0.1) is 29.9 Å². The van der Waals surface area contributed by atoms with E-state index in [1.165, 1.54) is 32.4 Å². The highest BCUT2D eigenvalue weighted by molar-refractivity contribution is 5.43. The maximum Gasteiger partial charge on any atom is 0.331 e. The zero-order valence-electron chi connectivity index (χ0n) is 17.1. The lowest BCUT2D eigenvalue weighted by Crippen LogP contribution is -2.03. The molecule has 0 spiro atoms. The van der Waals surface area contributed by atoms with Crippen molar-refractivity contribution in [2.75, 3.05) is 14.2 Å². The van der Waals surface area contributed by atoms with Gasteiger partial charge in [0.15, 0.2) is 0 Å². The zero-order chi connectivity index (χ0) is 22.8. The molecule has 2 aromatic heterocycles. The zero-order valence-corrected chi connectivity index (χ0v) is 17.1. The number of aromatic nitrogens is 6. The smallest absolute Gasteiger partial charge is 0.331 e. The van der Waals surface area contributed by atoms with Crippen LogP contribution < -0.4 is 28.4 Å². The Morgan fingerprint density at radius 1 is 0.576 bits per heavy atom. The Bertz CT molecular complexity index is 1240. The average Bonchev–Trinajstić information content (AvgIpc) is 2.78. The molecule has 33 heavy (non-hydrogen) atoms. The number of phenols is 1. The first-order chi connectivity index (χ1) is 16.1. The van der Waals surface area contributed by atoms with Gasteiger partial charge in [0.2, 0.25) is 0 Å². The first-order valence-corrected chi connectivity index (χ1v) is 9.32. The molecule has 13 nitrogen and oxygen atoms in total. The summed E-state index contributed by atoms with van der Waals surface area (Å²) in [5.41, 5.74) is 0. The predicted octanol–water partition coefficient (Wildman–Crippen LogP) is 3.26. The highest BCUT2D eigenvalue weighted by Gasteiger charge is 2.16. The average molecular weight is 450 g/mol. The lowest BCUT2D eigenvalue weighted by molar-refractivity contribution is 0.329. The van der Waals surface area contributed by atoms with Crippen molar-refractivity contribution in [2.45, 2.75) is 0 Å². The highest BCUT2D eigenvalue weighted by atomic mass is 16.5. The molecule has 0 atom stereocenters. The molecule has 1 aliphatic heterocycles. The summed E-state index contributed by atoms with van der Waals surface area (Å²) < 4.78 is 33.0. The summed E-state index contributed by atoms with van der Waals surface area (Å²) >= 11 is 0. The van der Waals surface area contributed by atoms with Gasteiger partial charge in [0.1, 0.15) is 28.7 Å². The maximum atomic E-state index is 10.1. The Hall–Kier alpha value is -4.94. The van der Waals surface area contributed by atoms with Gasteiger partial charge in [-0.1, -0.05) is 6.07 Å². The Balaban J connectivity index is 1.65.